The Labute approximate surface area is 90.3 Å². The number of anilines is 1. The number of hydrogen-bond donors (Lipinski definition) is 1. The summed E-state index contributed by atoms with van der Waals surface area (Å²) in [6.07, 6.45) is 3.28. The van der Waals surface area contributed by atoms with Gasteiger partial charge in [0, 0.05) is 17.3 Å². The molecule has 4 nitrogen and oxygen atoms in total. The molecule has 1 aromatic carbocycles. The molecule has 1 amide bonds. The lowest BCUT2D eigenvalue weighted by molar-refractivity contribution is 0.252. The first-order valence-corrected chi connectivity index (χ1v) is 5.28. The lowest BCUT2D eigenvalue weighted by Gasteiger charge is -2.03. The molecule has 0 unspecified atom stereocenters. The van der Waals surface area contributed by atoms with Crippen molar-refractivity contribution < 1.29 is 4.79 Å². The predicted octanol–water partition coefficient (Wildman–Crippen LogP) is 2.43. The van der Waals surface area contributed by atoms with Crippen LogP contribution < -0.4 is 5.32 Å². The largest absolute Gasteiger partial charge is 0.332 e. The average Bonchev–Trinajstić information content (AvgIpc) is 2.64. The Balaban J connectivity index is 2.18. The van der Waals surface area contributed by atoms with Gasteiger partial charge in [-0.3, -0.25) is 0 Å². The van der Waals surface area contributed by atoms with Gasteiger partial charge in [0.05, 0.1) is 5.69 Å². The van der Waals surface area contributed by atoms with Crippen LogP contribution in [0, 0.1) is 0 Å². The number of benzene rings is 1. The topological polar surface area (TPSA) is 46.9 Å². The molecule has 15 heavy (non-hydrogen) atoms. The minimum absolute atomic E-state index is 0.167. The van der Waals surface area contributed by atoms with Crippen LogP contribution in [-0.2, 0) is 0 Å². The molecule has 2 aromatic rings. The number of carbonyl (C=O) groups is 1. The van der Waals surface area contributed by atoms with E-state index in [1.54, 1.807) is 12.4 Å². The van der Waals surface area contributed by atoms with Gasteiger partial charge in [-0.25, -0.2) is 14.3 Å². The average molecular weight is 217 g/mol. The van der Waals surface area contributed by atoms with Crippen molar-refractivity contribution >= 4 is 23.5 Å². The summed E-state index contributed by atoms with van der Waals surface area (Å²) in [7, 11) is 0. The zero-order chi connectivity index (χ0) is 10.3. The van der Waals surface area contributed by atoms with Crippen molar-refractivity contribution in [2.75, 3.05) is 5.32 Å². The van der Waals surface area contributed by atoms with Gasteiger partial charge in [0.1, 0.15) is 0 Å². The van der Waals surface area contributed by atoms with Crippen molar-refractivity contribution in [1.29, 1.82) is 0 Å². The maximum atomic E-state index is 11.7. The van der Waals surface area contributed by atoms with Gasteiger partial charge < -0.3 is 5.32 Å². The van der Waals surface area contributed by atoms with Crippen LogP contribution in [0.1, 0.15) is 0 Å². The van der Waals surface area contributed by atoms with E-state index in [2.05, 4.69) is 10.3 Å². The summed E-state index contributed by atoms with van der Waals surface area (Å²) in [6, 6.07) is 7.52. The second kappa shape index (κ2) is 3.13. The number of fused-ring (bicyclic) bond motifs is 2. The SMILES string of the molecule is O=C1Nc2ccccc2Sc2nccn21. The van der Waals surface area contributed by atoms with Crippen molar-refractivity contribution in [2.24, 2.45) is 0 Å². The normalized spacial score (nSPS) is 13.7. The fraction of sp³-hybridized carbons (Fsp3) is 0. The molecule has 1 aromatic heterocycles. The molecule has 2 heterocycles. The van der Waals surface area contributed by atoms with E-state index in [1.807, 2.05) is 24.3 Å². The summed E-state index contributed by atoms with van der Waals surface area (Å²) in [5, 5.41) is 3.52. The molecular formula is C10H7N3OS. The molecule has 0 aliphatic carbocycles. The number of carbonyl (C=O) groups excluding carboxylic acids is 1. The van der Waals surface area contributed by atoms with E-state index in [9.17, 15) is 4.79 Å². The van der Waals surface area contributed by atoms with Crippen LogP contribution in [0.25, 0.3) is 0 Å². The second-order valence-corrected chi connectivity index (χ2v) is 4.12. The van der Waals surface area contributed by atoms with E-state index in [0.717, 1.165) is 10.6 Å². The van der Waals surface area contributed by atoms with Crippen LogP contribution in [0.4, 0.5) is 10.5 Å². The van der Waals surface area contributed by atoms with Crippen LogP contribution in [0.2, 0.25) is 0 Å². The molecule has 0 fully saturated rings. The number of nitrogens with zero attached hydrogens (tertiary/aromatic N) is 2. The number of nitrogens with one attached hydrogen (secondary N) is 1. The van der Waals surface area contributed by atoms with Gasteiger partial charge in [-0.05, 0) is 23.9 Å². The van der Waals surface area contributed by atoms with Gasteiger partial charge in [-0.2, -0.15) is 0 Å². The number of imidazole rings is 1. The molecule has 0 spiro atoms. The summed E-state index contributed by atoms with van der Waals surface area (Å²) < 4.78 is 1.50. The Morgan fingerprint density at radius 1 is 1.33 bits per heavy atom. The third kappa shape index (κ3) is 1.32. The number of hydrogen-bond acceptors (Lipinski definition) is 3. The molecule has 3 rings (SSSR count). The molecule has 0 saturated heterocycles. The van der Waals surface area contributed by atoms with Crippen LogP contribution in [0.3, 0.4) is 0 Å². The molecular weight excluding hydrogens is 210 g/mol. The summed E-state index contributed by atoms with van der Waals surface area (Å²) >= 11 is 1.48. The maximum Gasteiger partial charge on any atom is 0.332 e. The van der Waals surface area contributed by atoms with Gasteiger partial charge in [-0.1, -0.05) is 12.1 Å². The standard InChI is InChI=1S/C10H7N3OS/c14-9-12-7-3-1-2-4-8(7)15-10-11-5-6-13(9)10/h1-6H,(H,12,14). The number of aromatic nitrogens is 2. The minimum Gasteiger partial charge on any atom is -0.306 e. The molecule has 0 radical (unpaired) electrons. The number of rotatable bonds is 0. The summed E-state index contributed by atoms with van der Waals surface area (Å²) in [5.74, 6) is 0. The minimum atomic E-state index is -0.167. The summed E-state index contributed by atoms with van der Waals surface area (Å²) in [6.45, 7) is 0. The molecule has 0 saturated carbocycles. The Morgan fingerprint density at radius 2 is 2.20 bits per heavy atom. The lowest BCUT2D eigenvalue weighted by Crippen LogP contribution is -2.17. The highest BCUT2D eigenvalue weighted by molar-refractivity contribution is 7.99. The van der Waals surface area contributed by atoms with Crippen molar-refractivity contribution in [3.05, 3.63) is 36.7 Å². The highest BCUT2D eigenvalue weighted by atomic mass is 32.2. The highest BCUT2D eigenvalue weighted by Gasteiger charge is 2.18. The van der Waals surface area contributed by atoms with Crippen LogP contribution in [0.5, 0.6) is 0 Å². The van der Waals surface area contributed by atoms with Crippen molar-refractivity contribution in [2.45, 2.75) is 10.1 Å². The fourth-order valence-electron chi connectivity index (χ4n) is 1.45. The van der Waals surface area contributed by atoms with Crippen LogP contribution in [-0.4, -0.2) is 15.6 Å². The first-order chi connectivity index (χ1) is 7.34. The van der Waals surface area contributed by atoms with E-state index < -0.39 is 0 Å². The van der Waals surface area contributed by atoms with E-state index in [-0.39, 0.29) is 6.03 Å². The Morgan fingerprint density at radius 3 is 3.13 bits per heavy atom. The Kier molecular flexibility index (Phi) is 1.78. The van der Waals surface area contributed by atoms with Crippen LogP contribution in [0.15, 0.2) is 46.7 Å². The molecule has 1 aliphatic rings. The van der Waals surface area contributed by atoms with Gasteiger partial charge in [0.2, 0.25) is 0 Å². The summed E-state index contributed by atoms with van der Waals surface area (Å²) in [5.41, 5.74) is 0.831. The molecule has 1 aliphatic heterocycles. The zero-order valence-corrected chi connectivity index (χ0v) is 8.49. The van der Waals surface area contributed by atoms with E-state index in [0.29, 0.717) is 5.16 Å². The monoisotopic (exact) mass is 217 g/mol. The van der Waals surface area contributed by atoms with Gasteiger partial charge in [0.25, 0.3) is 0 Å². The quantitative estimate of drug-likeness (QED) is 0.737. The third-order valence-electron chi connectivity index (χ3n) is 2.16. The second-order valence-electron chi connectivity index (χ2n) is 3.11. The third-order valence-corrected chi connectivity index (χ3v) is 3.22. The molecule has 5 heteroatoms. The first-order valence-electron chi connectivity index (χ1n) is 4.46. The highest BCUT2D eigenvalue weighted by Crippen LogP contribution is 2.34. The number of para-hydroxylation sites is 1. The maximum absolute atomic E-state index is 11.7. The van der Waals surface area contributed by atoms with Crippen LogP contribution >= 0.6 is 11.8 Å². The smallest absolute Gasteiger partial charge is 0.306 e. The lowest BCUT2D eigenvalue weighted by atomic mass is 10.3. The van der Waals surface area contributed by atoms with Crippen molar-refractivity contribution in [3.63, 3.8) is 0 Å². The van der Waals surface area contributed by atoms with Gasteiger partial charge in [-0.15, -0.1) is 0 Å². The van der Waals surface area contributed by atoms with Gasteiger partial charge >= 0.3 is 6.03 Å². The molecule has 0 bridgehead atoms. The van der Waals surface area contributed by atoms with Crippen molar-refractivity contribution in [1.82, 2.24) is 9.55 Å². The predicted molar refractivity (Wildman–Crippen MR) is 57.2 cm³/mol. The Hall–Kier alpha value is -1.75. The van der Waals surface area contributed by atoms with E-state index in [1.165, 1.54) is 16.3 Å². The fourth-order valence-corrected chi connectivity index (χ4v) is 2.38. The molecule has 0 atom stereocenters. The Bertz CT molecular complexity index is 535. The molecule has 1 N–H and O–H groups in total. The zero-order valence-electron chi connectivity index (χ0n) is 7.68. The number of amides is 1. The van der Waals surface area contributed by atoms with E-state index in [4.69, 9.17) is 0 Å². The van der Waals surface area contributed by atoms with Gasteiger partial charge in [0.15, 0.2) is 5.16 Å². The van der Waals surface area contributed by atoms with E-state index >= 15 is 0 Å². The molecule has 74 valence electrons. The first kappa shape index (κ1) is 8.55. The van der Waals surface area contributed by atoms with Crippen molar-refractivity contribution in [3.8, 4) is 0 Å². The summed E-state index contributed by atoms with van der Waals surface area (Å²) in [4.78, 5) is 16.9.